The molecule has 0 atom stereocenters. The van der Waals surface area contributed by atoms with E-state index in [2.05, 4.69) is 0 Å². The van der Waals surface area contributed by atoms with Crippen molar-refractivity contribution in [3.05, 3.63) is 0 Å². The molecule has 0 saturated heterocycles. The minimum Gasteiger partial charge on any atom is -0.400 e. The van der Waals surface area contributed by atoms with E-state index in [9.17, 15) is 0 Å². The van der Waals surface area contributed by atoms with Gasteiger partial charge in [0.1, 0.15) is 0 Å². The number of aliphatic hydroxyl groups excluding tert-OH is 1. The van der Waals surface area contributed by atoms with Gasteiger partial charge in [-0.15, -0.1) is 0 Å². The van der Waals surface area contributed by atoms with Crippen LogP contribution in [0.1, 0.15) is 0 Å². The van der Waals surface area contributed by atoms with Crippen molar-refractivity contribution in [1.82, 2.24) is 0 Å². The molecule has 0 aromatic heterocycles. The van der Waals surface area contributed by atoms with E-state index in [0.717, 1.165) is 7.11 Å². The van der Waals surface area contributed by atoms with Crippen LogP contribution < -0.4 is 0 Å². The Morgan fingerprint density at radius 1 is 1.25 bits per heavy atom. The minimum absolute atomic E-state index is 0. The predicted molar refractivity (Wildman–Crippen MR) is 24.3 cm³/mol. The quantitative estimate of drug-likeness (QED) is 0.391. The predicted octanol–water partition coefficient (Wildman–Crippen LogP) is -0.659. The Labute approximate surface area is 55.1 Å². The second kappa shape index (κ2) is 27.5. The van der Waals surface area contributed by atoms with Gasteiger partial charge in [-0.2, -0.15) is 13.5 Å². The third-order valence-corrected chi connectivity index (χ3v) is 0. The van der Waals surface area contributed by atoms with Crippen LogP contribution in [0.15, 0.2) is 0 Å². The van der Waals surface area contributed by atoms with E-state index < -0.39 is 0 Å². The van der Waals surface area contributed by atoms with Gasteiger partial charge in [-0.25, -0.2) is 0 Å². The number of rotatable bonds is 0. The molecule has 0 rings (SSSR count). The summed E-state index contributed by atoms with van der Waals surface area (Å²) in [4.78, 5) is 0. The zero-order chi connectivity index (χ0) is 2.00. The first-order chi connectivity index (χ1) is 1.00. The molecule has 0 saturated carbocycles. The van der Waals surface area contributed by atoms with Crippen molar-refractivity contribution >= 4 is 43.1 Å². The normalized spacial score (nSPS) is 1.50. The van der Waals surface area contributed by atoms with Crippen LogP contribution >= 0.6 is 13.5 Å². The number of hydrogen-bond donors (Lipinski definition) is 1. The van der Waals surface area contributed by atoms with Crippen LogP contribution in [0.3, 0.4) is 0 Å². The summed E-state index contributed by atoms with van der Waals surface area (Å²) in [5.41, 5.74) is 0. The maximum Gasteiger partial charge on any atom is 0.0319 e. The van der Waals surface area contributed by atoms with Crippen LogP contribution in [0.4, 0.5) is 0 Å². The molecule has 0 fully saturated rings. The Bertz CT molecular complexity index is 8.00. The molecular formula is CH6NaOS. The zero-order valence-electron chi connectivity index (χ0n) is 2.95. The summed E-state index contributed by atoms with van der Waals surface area (Å²) in [5.74, 6) is 0. The summed E-state index contributed by atoms with van der Waals surface area (Å²) in [6.45, 7) is 0. The van der Waals surface area contributed by atoms with Crippen LogP contribution in [0.5, 0.6) is 0 Å². The van der Waals surface area contributed by atoms with Gasteiger partial charge in [0.25, 0.3) is 0 Å². The standard InChI is InChI=1S/CH4O.Na.H2S/c1-2;;/h2H,1H3;;1H2. The summed E-state index contributed by atoms with van der Waals surface area (Å²) >= 11 is 0. The maximum atomic E-state index is 7.00. The molecule has 3 heteroatoms. The van der Waals surface area contributed by atoms with Gasteiger partial charge in [-0.05, 0) is 0 Å². The molecule has 4 heavy (non-hydrogen) atoms. The van der Waals surface area contributed by atoms with Gasteiger partial charge in [0.2, 0.25) is 0 Å². The van der Waals surface area contributed by atoms with E-state index in [1.54, 1.807) is 0 Å². The van der Waals surface area contributed by atoms with Gasteiger partial charge in [0, 0.05) is 36.7 Å². The first kappa shape index (κ1) is 18.5. The summed E-state index contributed by atoms with van der Waals surface area (Å²) in [7, 11) is 1.00. The van der Waals surface area contributed by atoms with Gasteiger partial charge in [0.05, 0.1) is 0 Å². The van der Waals surface area contributed by atoms with Crippen LogP contribution in [-0.4, -0.2) is 41.8 Å². The molecule has 0 aliphatic rings. The van der Waals surface area contributed by atoms with E-state index in [1.165, 1.54) is 0 Å². The van der Waals surface area contributed by atoms with Crippen molar-refractivity contribution in [2.45, 2.75) is 0 Å². The third kappa shape index (κ3) is 10.3. The molecule has 1 nitrogen and oxygen atoms in total. The van der Waals surface area contributed by atoms with Crippen molar-refractivity contribution in [2.75, 3.05) is 7.11 Å². The zero-order valence-corrected chi connectivity index (χ0v) is 5.95. The first-order valence-corrected chi connectivity index (χ1v) is 0.447. The average Bonchev–Trinajstić information content (AvgIpc) is 1.00. The third-order valence-electron chi connectivity index (χ3n) is 0. The van der Waals surface area contributed by atoms with Gasteiger partial charge < -0.3 is 5.11 Å². The van der Waals surface area contributed by atoms with Crippen molar-refractivity contribution < 1.29 is 5.11 Å². The molecule has 0 aromatic carbocycles. The van der Waals surface area contributed by atoms with Crippen LogP contribution in [-0.2, 0) is 0 Å². The Hall–Kier alpha value is 1.31. The van der Waals surface area contributed by atoms with E-state index in [-0.39, 0.29) is 43.1 Å². The van der Waals surface area contributed by atoms with Crippen LogP contribution in [0.2, 0.25) is 0 Å². The monoisotopic (exact) mass is 89.0 g/mol. The SMILES string of the molecule is CO.S.[Na]. The molecule has 23 valence electrons. The second-order valence-corrected chi connectivity index (χ2v) is 0. The molecule has 0 heterocycles. The maximum absolute atomic E-state index is 7.00. The number of hydrogen-bond acceptors (Lipinski definition) is 1. The summed E-state index contributed by atoms with van der Waals surface area (Å²) < 4.78 is 0. The average molecular weight is 89.1 g/mol. The Balaban J connectivity index is -0.00000000500. The Kier molecular flexibility index (Phi) is 127. The molecule has 0 amide bonds. The Morgan fingerprint density at radius 2 is 1.25 bits per heavy atom. The molecule has 0 bridgehead atoms. The smallest absolute Gasteiger partial charge is 0.0319 e. The molecule has 0 spiro atoms. The minimum atomic E-state index is 0. The van der Waals surface area contributed by atoms with Crippen LogP contribution in [0.25, 0.3) is 0 Å². The van der Waals surface area contributed by atoms with Crippen molar-refractivity contribution in [3.63, 3.8) is 0 Å². The first-order valence-electron chi connectivity index (χ1n) is 0.447. The van der Waals surface area contributed by atoms with E-state index in [0.29, 0.717) is 0 Å². The van der Waals surface area contributed by atoms with Gasteiger partial charge >= 0.3 is 0 Å². The molecule has 0 aromatic rings. The molecule has 0 aliphatic heterocycles. The summed E-state index contributed by atoms with van der Waals surface area (Å²) in [6, 6.07) is 0. The molecule has 0 aliphatic carbocycles. The summed E-state index contributed by atoms with van der Waals surface area (Å²) in [5, 5.41) is 7.00. The van der Waals surface area contributed by atoms with Gasteiger partial charge in [-0.1, -0.05) is 0 Å². The van der Waals surface area contributed by atoms with Crippen molar-refractivity contribution in [2.24, 2.45) is 0 Å². The second-order valence-electron chi connectivity index (χ2n) is 0. The molecule has 0 unspecified atom stereocenters. The fourth-order valence-electron chi connectivity index (χ4n) is 0. The largest absolute Gasteiger partial charge is 0.400 e. The van der Waals surface area contributed by atoms with E-state index >= 15 is 0 Å². The van der Waals surface area contributed by atoms with Crippen LogP contribution in [0, 0.1) is 0 Å². The fourth-order valence-corrected chi connectivity index (χ4v) is 0. The van der Waals surface area contributed by atoms with E-state index in [4.69, 9.17) is 5.11 Å². The summed E-state index contributed by atoms with van der Waals surface area (Å²) in [6.07, 6.45) is 0. The topological polar surface area (TPSA) is 20.2 Å². The van der Waals surface area contributed by atoms with Crippen molar-refractivity contribution in [3.8, 4) is 0 Å². The molecule has 1 N–H and O–H groups in total. The molecule has 1 radical (unpaired) electrons. The van der Waals surface area contributed by atoms with Gasteiger partial charge in [-0.3, -0.25) is 0 Å². The van der Waals surface area contributed by atoms with Crippen molar-refractivity contribution in [1.29, 1.82) is 0 Å². The van der Waals surface area contributed by atoms with E-state index in [1.807, 2.05) is 0 Å². The number of aliphatic hydroxyl groups is 1. The Morgan fingerprint density at radius 3 is 1.25 bits per heavy atom. The fraction of sp³-hybridized carbons (Fsp3) is 1.00. The van der Waals surface area contributed by atoms with Gasteiger partial charge in [0.15, 0.2) is 0 Å². The molecular weight excluding hydrogens is 83.1 g/mol.